The molecule has 0 spiro atoms. The van der Waals surface area contributed by atoms with Gasteiger partial charge in [0.2, 0.25) is 0 Å². The molecular formula is C15H15N3O. The summed E-state index contributed by atoms with van der Waals surface area (Å²) in [6.45, 7) is 0. The molecule has 0 amide bonds. The largest absolute Gasteiger partial charge is 0.342 e. The van der Waals surface area contributed by atoms with Crippen LogP contribution in [0.5, 0.6) is 0 Å². The van der Waals surface area contributed by atoms with Crippen LogP contribution in [0, 0.1) is 0 Å². The summed E-state index contributed by atoms with van der Waals surface area (Å²) in [4.78, 5) is 11.1. The summed E-state index contributed by atoms with van der Waals surface area (Å²) in [5.41, 5.74) is 3.65. The van der Waals surface area contributed by atoms with Crippen molar-refractivity contribution in [2.24, 2.45) is 12.9 Å². The zero-order valence-corrected chi connectivity index (χ0v) is 10.9. The van der Waals surface area contributed by atoms with Crippen LogP contribution in [0.4, 0.5) is 5.69 Å². The van der Waals surface area contributed by atoms with Gasteiger partial charge in [-0.15, -0.1) is 0 Å². The van der Waals surface area contributed by atoms with Crippen molar-refractivity contribution in [1.82, 2.24) is 4.57 Å². The first-order valence-electron chi connectivity index (χ1n) is 6.08. The topological polar surface area (TPSA) is 51.3 Å². The minimum Gasteiger partial charge on any atom is -0.342 e. The second-order valence-corrected chi connectivity index (χ2v) is 4.74. The number of carbonyl (C=O) groups is 1. The Bertz CT molecular complexity index is 787. The van der Waals surface area contributed by atoms with E-state index in [1.807, 2.05) is 31.3 Å². The van der Waals surface area contributed by atoms with Crippen molar-refractivity contribution < 1.29 is 4.79 Å². The average Bonchev–Trinajstić information content (AvgIpc) is 2.72. The van der Waals surface area contributed by atoms with Crippen molar-refractivity contribution >= 4 is 33.8 Å². The third-order valence-corrected chi connectivity index (χ3v) is 3.52. The van der Waals surface area contributed by atoms with E-state index in [-0.39, 0.29) is 0 Å². The Morgan fingerprint density at radius 1 is 1.21 bits per heavy atom. The summed E-state index contributed by atoms with van der Waals surface area (Å²) in [5.74, 6) is 5.90. The molecule has 3 aromatic rings. The molecule has 0 bridgehead atoms. The summed E-state index contributed by atoms with van der Waals surface area (Å²) in [7, 11) is 3.79. The maximum absolute atomic E-state index is 11.1. The van der Waals surface area contributed by atoms with Gasteiger partial charge < -0.3 is 9.58 Å². The fourth-order valence-electron chi connectivity index (χ4n) is 2.65. The molecule has 1 heterocycles. The fraction of sp³-hybridized carbons (Fsp3) is 0.133. The average molecular weight is 253 g/mol. The van der Waals surface area contributed by atoms with Gasteiger partial charge in [0.15, 0.2) is 0 Å². The van der Waals surface area contributed by atoms with Crippen LogP contribution in [0.15, 0.2) is 36.4 Å². The Labute approximate surface area is 111 Å². The Kier molecular flexibility index (Phi) is 2.54. The molecule has 0 saturated heterocycles. The van der Waals surface area contributed by atoms with Crippen molar-refractivity contribution in [1.29, 1.82) is 0 Å². The molecule has 3 rings (SSSR count). The number of anilines is 1. The normalized spacial score (nSPS) is 11.1. The van der Waals surface area contributed by atoms with E-state index in [1.165, 1.54) is 0 Å². The van der Waals surface area contributed by atoms with E-state index in [9.17, 15) is 4.79 Å². The molecule has 0 fully saturated rings. The number of fused-ring (bicyclic) bond motifs is 3. The second-order valence-electron chi connectivity index (χ2n) is 4.74. The molecule has 4 heteroatoms. The van der Waals surface area contributed by atoms with Gasteiger partial charge in [-0.3, -0.25) is 4.79 Å². The number of rotatable bonds is 2. The number of aryl methyl sites for hydroxylation is 1. The van der Waals surface area contributed by atoms with Crippen LogP contribution in [0.25, 0.3) is 21.8 Å². The zero-order valence-electron chi connectivity index (χ0n) is 10.9. The van der Waals surface area contributed by atoms with E-state index in [1.54, 1.807) is 12.1 Å². The van der Waals surface area contributed by atoms with Gasteiger partial charge in [0.1, 0.15) is 6.29 Å². The number of aromatic nitrogens is 1. The number of nitrogens with two attached hydrogens (primary N) is 1. The SMILES string of the molecule is CN(N)c1cc(C=O)cc2c3ccccc3n(C)c12. The summed E-state index contributed by atoms with van der Waals surface area (Å²) in [5, 5.41) is 3.73. The van der Waals surface area contributed by atoms with Crippen molar-refractivity contribution in [3.63, 3.8) is 0 Å². The Morgan fingerprint density at radius 2 is 1.95 bits per heavy atom. The van der Waals surface area contributed by atoms with Gasteiger partial charge in [-0.2, -0.15) is 0 Å². The highest BCUT2D eigenvalue weighted by atomic mass is 16.1. The van der Waals surface area contributed by atoms with E-state index in [4.69, 9.17) is 5.84 Å². The Hall–Kier alpha value is -2.33. The number of hydrogen-bond donors (Lipinski definition) is 1. The molecule has 0 atom stereocenters. The van der Waals surface area contributed by atoms with Crippen LogP contribution in [0.3, 0.4) is 0 Å². The molecule has 2 aromatic carbocycles. The molecule has 0 aliphatic rings. The lowest BCUT2D eigenvalue weighted by Gasteiger charge is -2.15. The Balaban J connectivity index is 2.58. The highest BCUT2D eigenvalue weighted by molar-refractivity contribution is 6.13. The zero-order chi connectivity index (χ0) is 13.6. The fourth-order valence-corrected chi connectivity index (χ4v) is 2.65. The number of aldehydes is 1. The van der Waals surface area contributed by atoms with Crippen LogP contribution < -0.4 is 10.9 Å². The first kappa shape index (κ1) is 11.7. The number of para-hydroxylation sites is 1. The highest BCUT2D eigenvalue weighted by Crippen LogP contribution is 2.34. The predicted molar refractivity (Wildman–Crippen MR) is 78.4 cm³/mol. The van der Waals surface area contributed by atoms with Gasteiger partial charge in [-0.1, -0.05) is 18.2 Å². The monoisotopic (exact) mass is 253 g/mol. The molecule has 0 radical (unpaired) electrons. The number of hydrazine groups is 1. The van der Waals surface area contributed by atoms with Gasteiger partial charge in [-0.05, 0) is 18.2 Å². The lowest BCUT2D eigenvalue weighted by Crippen LogP contribution is -2.25. The van der Waals surface area contributed by atoms with Gasteiger partial charge in [0, 0.05) is 35.9 Å². The molecule has 1 aromatic heterocycles. The van der Waals surface area contributed by atoms with Gasteiger partial charge in [0.05, 0.1) is 11.2 Å². The van der Waals surface area contributed by atoms with E-state index in [0.717, 1.165) is 33.8 Å². The molecular weight excluding hydrogens is 238 g/mol. The van der Waals surface area contributed by atoms with Crippen LogP contribution >= 0.6 is 0 Å². The van der Waals surface area contributed by atoms with Gasteiger partial charge >= 0.3 is 0 Å². The summed E-state index contributed by atoms with van der Waals surface area (Å²) in [6.07, 6.45) is 0.855. The van der Waals surface area contributed by atoms with Crippen LogP contribution in [-0.2, 0) is 7.05 Å². The lowest BCUT2D eigenvalue weighted by molar-refractivity contribution is 0.112. The predicted octanol–water partition coefficient (Wildman–Crippen LogP) is 2.45. The maximum atomic E-state index is 11.1. The van der Waals surface area contributed by atoms with E-state index >= 15 is 0 Å². The van der Waals surface area contributed by atoms with Crippen molar-refractivity contribution in [2.45, 2.75) is 0 Å². The molecule has 0 saturated carbocycles. The minimum absolute atomic E-state index is 0.635. The van der Waals surface area contributed by atoms with E-state index in [0.29, 0.717) is 5.56 Å². The third-order valence-electron chi connectivity index (χ3n) is 3.52. The second kappa shape index (κ2) is 4.10. The minimum atomic E-state index is 0.635. The lowest BCUT2D eigenvalue weighted by atomic mass is 10.1. The standard InChI is InChI=1S/C15H15N3O/c1-17-13-6-4-3-5-11(13)12-7-10(9-19)8-14(15(12)17)18(2)16/h3-9H,16H2,1-2H3. The van der Waals surface area contributed by atoms with Crippen LogP contribution in [-0.4, -0.2) is 17.9 Å². The number of nitrogens with zero attached hydrogens (tertiary/aromatic N) is 2. The van der Waals surface area contributed by atoms with Crippen molar-refractivity contribution in [2.75, 3.05) is 12.1 Å². The molecule has 0 unspecified atom stereocenters. The highest BCUT2D eigenvalue weighted by Gasteiger charge is 2.14. The molecule has 4 nitrogen and oxygen atoms in total. The molecule has 0 aliphatic carbocycles. The summed E-state index contributed by atoms with van der Waals surface area (Å²) < 4.78 is 2.11. The van der Waals surface area contributed by atoms with E-state index in [2.05, 4.69) is 16.7 Å². The maximum Gasteiger partial charge on any atom is 0.150 e. The summed E-state index contributed by atoms with van der Waals surface area (Å²) in [6, 6.07) is 11.9. The van der Waals surface area contributed by atoms with E-state index < -0.39 is 0 Å². The molecule has 19 heavy (non-hydrogen) atoms. The molecule has 2 N–H and O–H groups in total. The number of hydrogen-bond acceptors (Lipinski definition) is 3. The number of carbonyl (C=O) groups excluding carboxylic acids is 1. The smallest absolute Gasteiger partial charge is 0.150 e. The van der Waals surface area contributed by atoms with Gasteiger partial charge in [0.25, 0.3) is 0 Å². The van der Waals surface area contributed by atoms with Gasteiger partial charge in [-0.25, -0.2) is 5.84 Å². The van der Waals surface area contributed by atoms with Crippen molar-refractivity contribution in [3.8, 4) is 0 Å². The molecule has 0 aliphatic heterocycles. The van der Waals surface area contributed by atoms with Crippen LogP contribution in [0.2, 0.25) is 0 Å². The van der Waals surface area contributed by atoms with Crippen molar-refractivity contribution in [3.05, 3.63) is 42.0 Å². The third kappa shape index (κ3) is 1.61. The number of benzene rings is 2. The first-order chi connectivity index (χ1) is 9.13. The summed E-state index contributed by atoms with van der Waals surface area (Å²) >= 11 is 0. The molecule has 96 valence electrons. The first-order valence-corrected chi connectivity index (χ1v) is 6.08. The quantitative estimate of drug-likeness (QED) is 0.433. The van der Waals surface area contributed by atoms with Crippen LogP contribution in [0.1, 0.15) is 10.4 Å². The Morgan fingerprint density at radius 3 is 2.63 bits per heavy atom.